The Morgan fingerprint density at radius 3 is 2.34 bits per heavy atom. The van der Waals surface area contributed by atoms with Crippen molar-refractivity contribution in [2.75, 3.05) is 57.3 Å². The zero-order chi connectivity index (χ0) is 21.3. The SMILES string of the molecule is CCNC(=NCC(=O)NC(C)(C)C)NCCN1CCN(c2ccc(F)cc2)CC1. The molecule has 1 fully saturated rings. The molecule has 8 heteroatoms. The Labute approximate surface area is 173 Å². The molecule has 0 bridgehead atoms. The molecule has 162 valence electrons. The van der Waals surface area contributed by atoms with Gasteiger partial charge in [-0.1, -0.05) is 0 Å². The second kappa shape index (κ2) is 11.0. The molecular formula is C21H35FN6O. The predicted molar refractivity (Wildman–Crippen MR) is 117 cm³/mol. The highest BCUT2D eigenvalue weighted by Gasteiger charge is 2.17. The quantitative estimate of drug-likeness (QED) is 0.472. The van der Waals surface area contributed by atoms with E-state index in [2.05, 4.69) is 30.7 Å². The summed E-state index contributed by atoms with van der Waals surface area (Å²) in [5.74, 6) is 0.362. The molecule has 2 rings (SSSR count). The van der Waals surface area contributed by atoms with Crippen LogP contribution >= 0.6 is 0 Å². The molecule has 1 aromatic rings. The van der Waals surface area contributed by atoms with E-state index in [1.54, 1.807) is 0 Å². The number of carbonyl (C=O) groups excluding carboxylic acids is 1. The molecule has 1 amide bonds. The number of amides is 1. The fraction of sp³-hybridized carbons (Fsp3) is 0.619. The number of guanidine groups is 1. The van der Waals surface area contributed by atoms with Gasteiger partial charge in [0, 0.05) is 57.0 Å². The van der Waals surface area contributed by atoms with Gasteiger partial charge in [-0.15, -0.1) is 0 Å². The van der Waals surface area contributed by atoms with E-state index in [4.69, 9.17) is 0 Å². The number of nitrogens with one attached hydrogen (secondary N) is 3. The highest BCUT2D eigenvalue weighted by atomic mass is 19.1. The van der Waals surface area contributed by atoms with Gasteiger partial charge >= 0.3 is 0 Å². The molecule has 0 radical (unpaired) electrons. The van der Waals surface area contributed by atoms with Gasteiger partial charge < -0.3 is 20.9 Å². The average Bonchev–Trinajstić information content (AvgIpc) is 2.66. The third kappa shape index (κ3) is 8.68. The molecule has 1 aromatic carbocycles. The first kappa shape index (κ1) is 22.9. The number of hydrogen-bond donors (Lipinski definition) is 3. The minimum Gasteiger partial charge on any atom is -0.369 e. The van der Waals surface area contributed by atoms with E-state index in [0.717, 1.165) is 51.5 Å². The molecule has 0 spiro atoms. The van der Waals surface area contributed by atoms with Crippen LogP contribution in [-0.2, 0) is 4.79 Å². The fourth-order valence-electron chi connectivity index (χ4n) is 3.16. The van der Waals surface area contributed by atoms with Crippen LogP contribution in [0.1, 0.15) is 27.7 Å². The van der Waals surface area contributed by atoms with Crippen molar-refractivity contribution in [3.05, 3.63) is 30.1 Å². The van der Waals surface area contributed by atoms with Crippen molar-refractivity contribution >= 4 is 17.6 Å². The largest absolute Gasteiger partial charge is 0.369 e. The number of piperazine rings is 1. The number of rotatable bonds is 7. The van der Waals surface area contributed by atoms with Gasteiger partial charge in [0.15, 0.2) is 5.96 Å². The van der Waals surface area contributed by atoms with Crippen molar-refractivity contribution in [1.29, 1.82) is 0 Å². The maximum Gasteiger partial charge on any atom is 0.242 e. The zero-order valence-electron chi connectivity index (χ0n) is 18.1. The molecule has 3 N–H and O–H groups in total. The van der Waals surface area contributed by atoms with Crippen molar-refractivity contribution in [1.82, 2.24) is 20.9 Å². The van der Waals surface area contributed by atoms with Crippen LogP contribution in [-0.4, -0.2) is 74.7 Å². The van der Waals surface area contributed by atoms with Gasteiger partial charge in [0.25, 0.3) is 0 Å². The van der Waals surface area contributed by atoms with Crippen molar-refractivity contribution in [3.63, 3.8) is 0 Å². The molecule has 1 aliphatic heterocycles. The maximum atomic E-state index is 13.1. The van der Waals surface area contributed by atoms with Crippen LogP contribution in [0.15, 0.2) is 29.3 Å². The van der Waals surface area contributed by atoms with Gasteiger partial charge in [-0.25, -0.2) is 9.38 Å². The number of anilines is 1. The van der Waals surface area contributed by atoms with Crippen molar-refractivity contribution in [3.8, 4) is 0 Å². The molecule has 0 atom stereocenters. The Morgan fingerprint density at radius 2 is 1.76 bits per heavy atom. The highest BCUT2D eigenvalue weighted by Crippen LogP contribution is 2.16. The number of hydrogen-bond acceptors (Lipinski definition) is 4. The lowest BCUT2D eigenvalue weighted by Crippen LogP contribution is -2.49. The van der Waals surface area contributed by atoms with Crippen LogP contribution in [0.3, 0.4) is 0 Å². The summed E-state index contributed by atoms with van der Waals surface area (Å²) in [4.78, 5) is 21.0. The Hall–Kier alpha value is -2.35. The van der Waals surface area contributed by atoms with Crippen LogP contribution in [0.4, 0.5) is 10.1 Å². The summed E-state index contributed by atoms with van der Waals surface area (Å²) in [5.41, 5.74) is 0.813. The minimum absolute atomic E-state index is 0.0911. The second-order valence-electron chi connectivity index (χ2n) is 8.23. The van der Waals surface area contributed by atoms with E-state index in [1.165, 1.54) is 12.1 Å². The average molecular weight is 407 g/mol. The molecule has 0 aliphatic carbocycles. The summed E-state index contributed by atoms with van der Waals surface area (Å²) in [7, 11) is 0. The number of halogens is 1. The van der Waals surface area contributed by atoms with Gasteiger partial charge in [-0.2, -0.15) is 0 Å². The number of benzene rings is 1. The second-order valence-corrected chi connectivity index (χ2v) is 8.23. The summed E-state index contributed by atoms with van der Waals surface area (Å²) >= 11 is 0. The standard InChI is InChI=1S/C21H35FN6O/c1-5-23-20(25-16-19(29)26-21(2,3)4)24-10-11-27-12-14-28(15-13-27)18-8-6-17(22)7-9-18/h6-9H,5,10-16H2,1-4H3,(H,26,29)(H2,23,24,25). The molecule has 0 saturated carbocycles. The van der Waals surface area contributed by atoms with Crippen LogP contribution < -0.4 is 20.9 Å². The Balaban J connectivity index is 1.72. The predicted octanol–water partition coefficient (Wildman–Crippen LogP) is 1.42. The van der Waals surface area contributed by atoms with Crippen LogP contribution in [0, 0.1) is 5.82 Å². The monoisotopic (exact) mass is 406 g/mol. The number of carbonyl (C=O) groups is 1. The molecule has 1 saturated heterocycles. The molecular weight excluding hydrogens is 371 g/mol. The van der Waals surface area contributed by atoms with Crippen LogP contribution in [0.5, 0.6) is 0 Å². The minimum atomic E-state index is -0.256. The molecule has 1 aliphatic rings. The zero-order valence-corrected chi connectivity index (χ0v) is 18.1. The van der Waals surface area contributed by atoms with Crippen molar-refractivity contribution in [2.45, 2.75) is 33.2 Å². The maximum absolute atomic E-state index is 13.1. The molecule has 0 unspecified atom stereocenters. The van der Waals surface area contributed by atoms with Crippen molar-refractivity contribution < 1.29 is 9.18 Å². The Bertz CT molecular complexity index is 663. The topological polar surface area (TPSA) is 72.0 Å². The van der Waals surface area contributed by atoms with E-state index in [0.29, 0.717) is 5.96 Å². The van der Waals surface area contributed by atoms with E-state index < -0.39 is 0 Å². The number of nitrogens with zero attached hydrogens (tertiary/aromatic N) is 3. The Morgan fingerprint density at radius 1 is 1.10 bits per heavy atom. The lowest BCUT2D eigenvalue weighted by atomic mass is 10.1. The van der Waals surface area contributed by atoms with Gasteiger partial charge in [0.1, 0.15) is 12.4 Å². The summed E-state index contributed by atoms with van der Waals surface area (Å²) in [6.07, 6.45) is 0. The summed E-state index contributed by atoms with van der Waals surface area (Å²) in [5, 5.41) is 9.38. The third-order valence-corrected chi connectivity index (χ3v) is 4.52. The highest BCUT2D eigenvalue weighted by molar-refractivity contribution is 5.85. The van der Waals surface area contributed by atoms with Crippen LogP contribution in [0.2, 0.25) is 0 Å². The van der Waals surface area contributed by atoms with E-state index in [-0.39, 0.29) is 23.8 Å². The number of aliphatic imine (C=N–C) groups is 1. The normalized spacial score (nSPS) is 15.9. The summed E-state index contributed by atoms with van der Waals surface area (Å²) in [6, 6.07) is 6.69. The smallest absolute Gasteiger partial charge is 0.242 e. The summed E-state index contributed by atoms with van der Waals surface area (Å²) in [6.45, 7) is 14.1. The van der Waals surface area contributed by atoms with E-state index >= 15 is 0 Å². The first-order valence-electron chi connectivity index (χ1n) is 10.3. The first-order valence-corrected chi connectivity index (χ1v) is 10.3. The molecule has 7 nitrogen and oxygen atoms in total. The van der Waals surface area contributed by atoms with Gasteiger partial charge in [-0.3, -0.25) is 9.69 Å². The third-order valence-electron chi connectivity index (χ3n) is 4.52. The van der Waals surface area contributed by atoms with Gasteiger partial charge in [0.05, 0.1) is 0 Å². The fourth-order valence-corrected chi connectivity index (χ4v) is 3.16. The molecule has 29 heavy (non-hydrogen) atoms. The Kier molecular flexibility index (Phi) is 8.70. The molecule has 0 aromatic heterocycles. The van der Waals surface area contributed by atoms with Crippen molar-refractivity contribution in [2.24, 2.45) is 4.99 Å². The van der Waals surface area contributed by atoms with E-state index in [9.17, 15) is 9.18 Å². The van der Waals surface area contributed by atoms with Gasteiger partial charge in [-0.05, 0) is 52.0 Å². The lowest BCUT2D eigenvalue weighted by Gasteiger charge is -2.36. The molecule has 1 heterocycles. The van der Waals surface area contributed by atoms with Gasteiger partial charge in [0.2, 0.25) is 5.91 Å². The first-order chi connectivity index (χ1) is 13.8. The summed E-state index contributed by atoms with van der Waals surface area (Å²) < 4.78 is 13.1. The van der Waals surface area contributed by atoms with E-state index in [1.807, 2.05) is 39.8 Å². The van der Waals surface area contributed by atoms with Crippen LogP contribution in [0.25, 0.3) is 0 Å². The lowest BCUT2D eigenvalue weighted by molar-refractivity contribution is -0.121.